The smallest absolute Gasteiger partial charge is 0.404 e. The van der Waals surface area contributed by atoms with E-state index in [0.29, 0.717) is 6.42 Å². The summed E-state index contributed by atoms with van der Waals surface area (Å²) in [5.74, 6) is -0.207. The molecule has 0 aliphatic heterocycles. The van der Waals surface area contributed by atoms with Gasteiger partial charge in [-0.25, -0.2) is 4.79 Å². The number of nitrogens with one attached hydrogen (secondary N) is 1. The van der Waals surface area contributed by atoms with E-state index >= 15 is 0 Å². The molecule has 0 saturated heterocycles. The van der Waals surface area contributed by atoms with Gasteiger partial charge in [-0.05, 0) is 23.6 Å². The van der Waals surface area contributed by atoms with Gasteiger partial charge in [0.05, 0.1) is 6.61 Å². The van der Waals surface area contributed by atoms with Gasteiger partial charge in [-0.3, -0.25) is 0 Å². The molecule has 2 atom stereocenters. The number of carbonyl (C=O) groups is 1. The quantitative estimate of drug-likeness (QED) is 0.651. The van der Waals surface area contributed by atoms with Crippen LogP contribution in [0.15, 0.2) is 60.8 Å². The van der Waals surface area contributed by atoms with E-state index in [4.69, 9.17) is 10.5 Å². The fraction of sp³-hybridized carbons (Fsp3) is 0.211. The Kier molecular flexibility index (Phi) is 4.82. The zero-order valence-corrected chi connectivity index (χ0v) is 13.2. The number of hydrogen-bond acceptors (Lipinski definition) is 3. The van der Waals surface area contributed by atoms with Crippen molar-refractivity contribution >= 4 is 17.0 Å². The number of benzene rings is 2. The highest BCUT2D eigenvalue weighted by atomic mass is 16.6. The van der Waals surface area contributed by atoms with Crippen LogP contribution in [0.3, 0.4) is 0 Å². The summed E-state index contributed by atoms with van der Waals surface area (Å²) >= 11 is 0. The molecule has 0 spiro atoms. The van der Waals surface area contributed by atoms with Gasteiger partial charge >= 0.3 is 6.09 Å². The molecule has 124 valence electrons. The van der Waals surface area contributed by atoms with E-state index in [2.05, 4.69) is 4.98 Å². The van der Waals surface area contributed by atoms with Crippen LogP contribution in [0.2, 0.25) is 0 Å². The average molecular weight is 324 g/mol. The molecule has 1 aromatic heterocycles. The van der Waals surface area contributed by atoms with Crippen molar-refractivity contribution in [3.05, 3.63) is 71.9 Å². The summed E-state index contributed by atoms with van der Waals surface area (Å²) in [6.07, 6.45) is 0.945. The van der Waals surface area contributed by atoms with Gasteiger partial charge in [0.15, 0.2) is 0 Å². The first kappa shape index (κ1) is 16.1. The molecule has 1 amide bonds. The molecule has 3 rings (SSSR count). The third-order valence-electron chi connectivity index (χ3n) is 4.22. The van der Waals surface area contributed by atoms with Gasteiger partial charge in [0.2, 0.25) is 0 Å². The normalized spacial score (nSPS) is 13.5. The maximum Gasteiger partial charge on any atom is 0.404 e. The number of primary amides is 1. The number of aromatic amines is 1. The van der Waals surface area contributed by atoms with Crippen LogP contribution in [0.1, 0.15) is 17.0 Å². The van der Waals surface area contributed by atoms with Crippen LogP contribution in [0.25, 0.3) is 10.9 Å². The summed E-state index contributed by atoms with van der Waals surface area (Å²) in [6.45, 7) is -0.292. The van der Waals surface area contributed by atoms with Crippen molar-refractivity contribution in [2.24, 2.45) is 5.73 Å². The Morgan fingerprint density at radius 2 is 1.83 bits per heavy atom. The molecule has 0 aliphatic rings. The van der Waals surface area contributed by atoms with Crippen LogP contribution in [0, 0.1) is 0 Å². The summed E-state index contributed by atoms with van der Waals surface area (Å²) in [6, 6.07) is 17.8. The van der Waals surface area contributed by atoms with Crippen LogP contribution in [0.5, 0.6) is 0 Å². The van der Waals surface area contributed by atoms with Crippen molar-refractivity contribution in [3.63, 3.8) is 0 Å². The minimum Gasteiger partial charge on any atom is -0.443 e. The summed E-state index contributed by atoms with van der Waals surface area (Å²) in [4.78, 5) is 14.5. The molecule has 0 radical (unpaired) electrons. The number of fused-ring (bicyclic) bond motifs is 1. The molecule has 2 aromatic carbocycles. The molecule has 5 heteroatoms. The molecule has 24 heavy (non-hydrogen) atoms. The number of nitrogens with two attached hydrogens (primary N) is 1. The summed E-state index contributed by atoms with van der Waals surface area (Å²) in [5, 5.41) is 10.8. The zero-order chi connectivity index (χ0) is 16.9. The lowest BCUT2D eigenvalue weighted by Gasteiger charge is -2.25. The maximum absolute atomic E-state index is 11.2. The monoisotopic (exact) mass is 324 g/mol. The molecule has 1 heterocycles. The molecule has 0 bridgehead atoms. The third-order valence-corrected chi connectivity index (χ3v) is 4.22. The van der Waals surface area contributed by atoms with Crippen LogP contribution in [-0.4, -0.2) is 28.9 Å². The van der Waals surface area contributed by atoms with Gasteiger partial charge < -0.3 is 20.6 Å². The van der Waals surface area contributed by atoms with Crippen LogP contribution >= 0.6 is 0 Å². The Labute approximate surface area is 140 Å². The number of hydrogen-bond donors (Lipinski definition) is 3. The Balaban J connectivity index is 2.01. The second kappa shape index (κ2) is 7.19. The molecule has 5 nitrogen and oxygen atoms in total. The highest BCUT2D eigenvalue weighted by Crippen LogP contribution is 2.32. The maximum atomic E-state index is 11.2. The van der Waals surface area contributed by atoms with Crippen molar-refractivity contribution in [2.75, 3.05) is 6.61 Å². The van der Waals surface area contributed by atoms with E-state index < -0.39 is 12.2 Å². The minimum atomic E-state index is -0.882. The number of rotatable bonds is 6. The van der Waals surface area contributed by atoms with Gasteiger partial charge in [-0.2, -0.15) is 0 Å². The highest BCUT2D eigenvalue weighted by Gasteiger charge is 2.28. The number of ether oxygens (including phenoxy) is 1. The fourth-order valence-electron chi connectivity index (χ4n) is 3.11. The molecule has 4 N–H and O–H groups in total. The lowest BCUT2D eigenvalue weighted by atomic mass is 9.87. The Bertz CT molecular complexity index is 814. The van der Waals surface area contributed by atoms with Crippen molar-refractivity contribution in [2.45, 2.75) is 18.4 Å². The van der Waals surface area contributed by atoms with Crippen LogP contribution < -0.4 is 5.73 Å². The largest absolute Gasteiger partial charge is 0.443 e. The van der Waals surface area contributed by atoms with Crippen molar-refractivity contribution in [1.29, 1.82) is 0 Å². The SMILES string of the molecule is NC(=O)O[C@H](CO)C(Cc1ccccc1)c1c[nH]c2ccccc12. The Hall–Kier alpha value is -2.79. The van der Waals surface area contributed by atoms with E-state index in [-0.39, 0.29) is 12.5 Å². The molecular formula is C19H20N2O3. The predicted molar refractivity (Wildman–Crippen MR) is 92.7 cm³/mol. The van der Waals surface area contributed by atoms with E-state index in [1.54, 1.807) is 0 Å². The van der Waals surface area contributed by atoms with Crippen molar-refractivity contribution in [1.82, 2.24) is 4.98 Å². The standard InChI is InChI=1S/C19H20N2O3/c20-19(23)24-18(12-22)15(10-13-6-2-1-3-7-13)16-11-21-17-9-5-4-8-14(16)17/h1-9,11,15,18,21-22H,10,12H2,(H2,20,23)/t15?,18-/m1/s1. The molecule has 0 aliphatic carbocycles. The Morgan fingerprint density at radius 1 is 1.12 bits per heavy atom. The second-order valence-corrected chi connectivity index (χ2v) is 5.74. The molecule has 1 unspecified atom stereocenters. The first-order valence-electron chi connectivity index (χ1n) is 7.86. The van der Waals surface area contributed by atoms with Gasteiger partial charge in [-0.15, -0.1) is 0 Å². The van der Waals surface area contributed by atoms with Gasteiger partial charge in [0.25, 0.3) is 0 Å². The van der Waals surface area contributed by atoms with Gasteiger partial charge in [-0.1, -0.05) is 48.5 Å². The van der Waals surface area contributed by atoms with E-state index in [1.165, 1.54) is 0 Å². The first-order chi connectivity index (χ1) is 11.7. The molecule has 0 fully saturated rings. The second-order valence-electron chi connectivity index (χ2n) is 5.74. The van der Waals surface area contributed by atoms with Gasteiger partial charge in [0.1, 0.15) is 6.10 Å². The van der Waals surface area contributed by atoms with Crippen molar-refractivity contribution in [3.8, 4) is 0 Å². The van der Waals surface area contributed by atoms with E-state index in [0.717, 1.165) is 22.0 Å². The Morgan fingerprint density at radius 3 is 2.54 bits per heavy atom. The lowest BCUT2D eigenvalue weighted by Crippen LogP contribution is -2.32. The number of para-hydroxylation sites is 1. The first-order valence-corrected chi connectivity index (χ1v) is 7.86. The lowest BCUT2D eigenvalue weighted by molar-refractivity contribution is 0.0469. The zero-order valence-electron chi connectivity index (χ0n) is 13.2. The topological polar surface area (TPSA) is 88.3 Å². The third kappa shape index (κ3) is 3.41. The molecule has 0 saturated carbocycles. The fourth-order valence-corrected chi connectivity index (χ4v) is 3.11. The van der Waals surface area contributed by atoms with Crippen molar-refractivity contribution < 1.29 is 14.6 Å². The highest BCUT2D eigenvalue weighted by molar-refractivity contribution is 5.83. The van der Waals surface area contributed by atoms with Crippen LogP contribution in [0.4, 0.5) is 4.79 Å². The summed E-state index contributed by atoms with van der Waals surface area (Å²) in [5.41, 5.74) is 8.28. The van der Waals surface area contributed by atoms with E-state index in [1.807, 2.05) is 60.8 Å². The number of H-pyrrole nitrogens is 1. The summed E-state index contributed by atoms with van der Waals surface area (Å²) in [7, 11) is 0. The van der Waals surface area contributed by atoms with Gasteiger partial charge in [0, 0.05) is 23.0 Å². The number of aliphatic hydroxyl groups is 1. The van der Waals surface area contributed by atoms with E-state index in [9.17, 15) is 9.90 Å². The average Bonchev–Trinajstić information content (AvgIpc) is 3.02. The number of carbonyl (C=O) groups excluding carboxylic acids is 1. The molecule has 3 aromatic rings. The predicted octanol–water partition coefficient (Wildman–Crippen LogP) is 2.95. The van der Waals surface area contributed by atoms with Crippen LogP contribution in [-0.2, 0) is 11.2 Å². The number of aliphatic hydroxyl groups excluding tert-OH is 1. The minimum absolute atomic E-state index is 0.207. The summed E-state index contributed by atoms with van der Waals surface area (Å²) < 4.78 is 5.18. The number of aromatic nitrogens is 1. The number of amides is 1. The molecular weight excluding hydrogens is 304 g/mol.